The summed E-state index contributed by atoms with van der Waals surface area (Å²) in [5, 5.41) is 3.37. The number of hydrogen-bond acceptors (Lipinski definition) is 2. The highest BCUT2D eigenvalue weighted by Crippen LogP contribution is 2.15. The fraction of sp³-hybridized carbons (Fsp3) is 0. The molecule has 0 unspecified atom stereocenters. The van der Waals surface area contributed by atoms with E-state index in [1.807, 2.05) is 18.2 Å². The summed E-state index contributed by atoms with van der Waals surface area (Å²) in [5.41, 5.74) is 1.47. The molecule has 1 heterocycles. The van der Waals surface area contributed by atoms with Crippen molar-refractivity contribution < 1.29 is 4.79 Å². The number of carbonyl (C=O) groups excluding carboxylic acids is 1. The molecule has 4 heteroatoms. The summed E-state index contributed by atoms with van der Waals surface area (Å²) >= 11 is 0. The van der Waals surface area contributed by atoms with Gasteiger partial charge in [-0.3, -0.25) is 9.59 Å². The predicted octanol–water partition coefficient (Wildman–Crippen LogP) is 1.24. The predicted molar refractivity (Wildman–Crippen MR) is 62.8 cm³/mol. The van der Waals surface area contributed by atoms with Crippen LogP contribution in [0.2, 0.25) is 0 Å². The highest BCUT2D eigenvalue weighted by atomic mass is 16.1. The van der Waals surface area contributed by atoms with E-state index in [0.717, 1.165) is 16.5 Å². The molecular weight excluding hydrogens is 204 g/mol. The van der Waals surface area contributed by atoms with Crippen LogP contribution in [0.25, 0.3) is 17.0 Å². The van der Waals surface area contributed by atoms with E-state index in [2.05, 4.69) is 10.3 Å². The Morgan fingerprint density at radius 1 is 1.19 bits per heavy atom. The van der Waals surface area contributed by atoms with E-state index in [1.165, 1.54) is 12.3 Å². The van der Waals surface area contributed by atoms with Gasteiger partial charge in [-0.15, -0.1) is 0 Å². The number of rotatable bonds is 3. The second-order valence-electron chi connectivity index (χ2n) is 3.25. The molecule has 0 aliphatic rings. The molecule has 0 aliphatic heterocycles. The average Bonchev–Trinajstić information content (AvgIpc) is 2.30. The number of nitrogens with one attached hydrogen (secondary N) is 2. The van der Waals surface area contributed by atoms with Gasteiger partial charge in [0.15, 0.2) is 0 Å². The standard InChI is InChI=1S/C12H10N2O2/c15-8-13-7-6-10-3-1-2-9-4-5-11(16)14-12(9)10/h1-8H,(H,13,15)(H,14,16). The number of fused-ring (bicyclic) bond motifs is 1. The molecule has 1 aromatic carbocycles. The Labute approximate surface area is 91.6 Å². The number of para-hydroxylation sites is 1. The second-order valence-corrected chi connectivity index (χ2v) is 3.25. The monoisotopic (exact) mass is 214 g/mol. The molecule has 2 N–H and O–H groups in total. The highest BCUT2D eigenvalue weighted by molar-refractivity contribution is 5.86. The normalized spacial score (nSPS) is 10.8. The van der Waals surface area contributed by atoms with Gasteiger partial charge in [0.2, 0.25) is 12.0 Å². The summed E-state index contributed by atoms with van der Waals surface area (Å²) < 4.78 is 0. The summed E-state index contributed by atoms with van der Waals surface area (Å²) in [7, 11) is 0. The molecule has 16 heavy (non-hydrogen) atoms. The molecule has 1 amide bonds. The van der Waals surface area contributed by atoms with Gasteiger partial charge >= 0.3 is 0 Å². The van der Waals surface area contributed by atoms with Crippen LogP contribution < -0.4 is 10.9 Å². The zero-order valence-electron chi connectivity index (χ0n) is 8.44. The Morgan fingerprint density at radius 2 is 2.06 bits per heavy atom. The van der Waals surface area contributed by atoms with Crippen LogP contribution in [0, 0.1) is 0 Å². The average molecular weight is 214 g/mol. The molecule has 0 bridgehead atoms. The molecule has 0 atom stereocenters. The fourth-order valence-electron chi connectivity index (χ4n) is 1.52. The molecular formula is C12H10N2O2. The lowest BCUT2D eigenvalue weighted by molar-refractivity contribution is -0.108. The van der Waals surface area contributed by atoms with E-state index >= 15 is 0 Å². The van der Waals surface area contributed by atoms with Crippen molar-refractivity contribution >= 4 is 23.4 Å². The number of amides is 1. The zero-order valence-corrected chi connectivity index (χ0v) is 8.44. The lowest BCUT2D eigenvalue weighted by atomic mass is 10.1. The Balaban J connectivity index is 2.56. The van der Waals surface area contributed by atoms with Crippen molar-refractivity contribution in [2.75, 3.05) is 0 Å². The van der Waals surface area contributed by atoms with Gasteiger partial charge in [-0.2, -0.15) is 0 Å². The van der Waals surface area contributed by atoms with E-state index in [-0.39, 0.29) is 5.56 Å². The van der Waals surface area contributed by atoms with Crippen LogP contribution in [0.5, 0.6) is 0 Å². The molecule has 2 rings (SSSR count). The maximum absolute atomic E-state index is 11.2. The van der Waals surface area contributed by atoms with Crippen LogP contribution in [0.15, 0.2) is 41.3 Å². The van der Waals surface area contributed by atoms with Gasteiger partial charge in [-0.1, -0.05) is 18.2 Å². The summed E-state index contributed by atoms with van der Waals surface area (Å²) in [4.78, 5) is 24.1. The molecule has 0 spiro atoms. The van der Waals surface area contributed by atoms with E-state index in [9.17, 15) is 9.59 Å². The van der Waals surface area contributed by atoms with Gasteiger partial charge in [-0.05, 0) is 17.5 Å². The minimum Gasteiger partial charge on any atom is -0.335 e. The lowest BCUT2D eigenvalue weighted by Crippen LogP contribution is -2.03. The number of carbonyl (C=O) groups is 1. The summed E-state index contributed by atoms with van der Waals surface area (Å²) in [6, 6.07) is 8.91. The Bertz CT molecular complexity index is 599. The summed E-state index contributed by atoms with van der Waals surface area (Å²) in [6.07, 6.45) is 3.84. The van der Waals surface area contributed by atoms with Gasteiger partial charge in [0.05, 0.1) is 5.52 Å². The van der Waals surface area contributed by atoms with E-state index in [1.54, 1.807) is 12.1 Å². The van der Waals surface area contributed by atoms with Crippen molar-refractivity contribution in [2.24, 2.45) is 0 Å². The first-order valence-corrected chi connectivity index (χ1v) is 4.79. The lowest BCUT2D eigenvalue weighted by Gasteiger charge is -2.00. The third kappa shape index (κ3) is 2.00. The quantitative estimate of drug-likeness (QED) is 0.755. The zero-order chi connectivity index (χ0) is 11.4. The molecule has 0 fully saturated rings. The van der Waals surface area contributed by atoms with Crippen LogP contribution >= 0.6 is 0 Å². The summed E-state index contributed by atoms with van der Waals surface area (Å²) in [6.45, 7) is 0. The number of hydrogen-bond donors (Lipinski definition) is 2. The van der Waals surface area contributed by atoms with Crippen molar-refractivity contribution in [3.05, 3.63) is 52.4 Å². The molecule has 0 radical (unpaired) electrons. The van der Waals surface area contributed by atoms with E-state index < -0.39 is 0 Å². The van der Waals surface area contributed by atoms with Crippen LogP contribution in [0.4, 0.5) is 0 Å². The van der Waals surface area contributed by atoms with Gasteiger partial charge < -0.3 is 10.3 Å². The maximum Gasteiger partial charge on any atom is 0.248 e. The van der Waals surface area contributed by atoms with Crippen LogP contribution in [-0.4, -0.2) is 11.4 Å². The first-order valence-electron chi connectivity index (χ1n) is 4.79. The Morgan fingerprint density at radius 3 is 2.88 bits per heavy atom. The topological polar surface area (TPSA) is 62.0 Å². The first-order chi connectivity index (χ1) is 7.81. The number of pyridine rings is 1. The van der Waals surface area contributed by atoms with Gasteiger partial charge in [-0.25, -0.2) is 0 Å². The van der Waals surface area contributed by atoms with E-state index in [4.69, 9.17) is 0 Å². The number of aromatic nitrogens is 1. The molecule has 1 aromatic heterocycles. The van der Waals surface area contributed by atoms with Gasteiger partial charge in [0.1, 0.15) is 0 Å². The minimum atomic E-state index is -0.142. The molecule has 2 aromatic rings. The molecule has 0 saturated carbocycles. The third-order valence-corrected chi connectivity index (χ3v) is 2.22. The van der Waals surface area contributed by atoms with Crippen molar-refractivity contribution in [1.29, 1.82) is 0 Å². The van der Waals surface area contributed by atoms with E-state index in [0.29, 0.717) is 6.41 Å². The second kappa shape index (κ2) is 4.44. The Kier molecular flexibility index (Phi) is 2.82. The number of H-pyrrole nitrogens is 1. The highest BCUT2D eigenvalue weighted by Gasteiger charge is 1.97. The van der Waals surface area contributed by atoms with Crippen molar-refractivity contribution in [3.8, 4) is 0 Å². The molecule has 80 valence electrons. The van der Waals surface area contributed by atoms with Crippen LogP contribution in [0.3, 0.4) is 0 Å². The van der Waals surface area contributed by atoms with Gasteiger partial charge in [0, 0.05) is 17.8 Å². The summed E-state index contributed by atoms with van der Waals surface area (Å²) in [5.74, 6) is 0. The van der Waals surface area contributed by atoms with Crippen molar-refractivity contribution in [1.82, 2.24) is 10.3 Å². The fourth-order valence-corrected chi connectivity index (χ4v) is 1.52. The Hall–Kier alpha value is -2.36. The first kappa shape index (κ1) is 10.2. The van der Waals surface area contributed by atoms with Crippen LogP contribution in [-0.2, 0) is 4.79 Å². The minimum absolute atomic E-state index is 0.142. The SMILES string of the molecule is O=CNC=Cc1cccc2ccc(=O)[nH]c12. The maximum atomic E-state index is 11.2. The molecule has 0 saturated heterocycles. The molecule has 4 nitrogen and oxygen atoms in total. The van der Waals surface area contributed by atoms with Gasteiger partial charge in [0.25, 0.3) is 0 Å². The smallest absolute Gasteiger partial charge is 0.248 e. The molecule has 0 aliphatic carbocycles. The largest absolute Gasteiger partial charge is 0.335 e. The third-order valence-electron chi connectivity index (χ3n) is 2.22. The number of aromatic amines is 1. The van der Waals surface area contributed by atoms with Crippen molar-refractivity contribution in [2.45, 2.75) is 0 Å². The van der Waals surface area contributed by atoms with Crippen LogP contribution in [0.1, 0.15) is 5.56 Å². The number of benzene rings is 1. The van der Waals surface area contributed by atoms with Crippen molar-refractivity contribution in [3.63, 3.8) is 0 Å².